The van der Waals surface area contributed by atoms with Crippen LogP contribution in [0.2, 0.25) is 0 Å². The molecule has 1 aliphatic heterocycles. The zero-order chi connectivity index (χ0) is 29.5. The van der Waals surface area contributed by atoms with E-state index in [1.807, 2.05) is 56.3 Å². The van der Waals surface area contributed by atoms with Gasteiger partial charge in [-0.25, -0.2) is 13.4 Å². The number of carbonyl (C=O) groups is 1. The van der Waals surface area contributed by atoms with Crippen LogP contribution in [0.4, 0.5) is 5.13 Å². The Morgan fingerprint density at radius 3 is 2.37 bits per heavy atom. The van der Waals surface area contributed by atoms with Crippen LogP contribution in [-0.2, 0) is 16.6 Å². The fraction of sp³-hybridized carbons (Fsp3) is 0.355. The Hall–Kier alpha value is -3.22. The van der Waals surface area contributed by atoms with E-state index in [0.29, 0.717) is 31.8 Å². The molecule has 0 saturated carbocycles. The number of nitrogens with one attached hydrogen (secondary N) is 1. The monoisotopic (exact) mass is 643 g/mol. The Labute approximate surface area is 263 Å². The SMILES string of the molecule is CCOc1cccc2sc(N3CCN(CCNC(=O)c4ccc(S(=O)(=O)N(CC)Cc5ccccc5)cc4)CC3)nc12.Cl. The second-order valence-electron chi connectivity index (χ2n) is 10.1. The van der Waals surface area contributed by atoms with Crippen LogP contribution in [0.5, 0.6) is 5.75 Å². The van der Waals surface area contributed by atoms with E-state index >= 15 is 0 Å². The number of benzene rings is 3. The first-order valence-electron chi connectivity index (χ1n) is 14.3. The quantitative estimate of drug-likeness (QED) is 0.235. The van der Waals surface area contributed by atoms with Crippen molar-refractivity contribution in [3.63, 3.8) is 0 Å². The minimum Gasteiger partial charge on any atom is -0.492 e. The zero-order valence-corrected chi connectivity index (χ0v) is 26.9. The molecule has 0 aliphatic carbocycles. The van der Waals surface area contributed by atoms with E-state index < -0.39 is 10.0 Å². The first kappa shape index (κ1) is 32.7. The highest BCUT2D eigenvalue weighted by atomic mass is 35.5. The number of rotatable bonds is 12. The summed E-state index contributed by atoms with van der Waals surface area (Å²) in [6.45, 7) is 9.81. The molecule has 43 heavy (non-hydrogen) atoms. The zero-order valence-electron chi connectivity index (χ0n) is 24.4. The molecule has 3 aromatic carbocycles. The normalized spacial score (nSPS) is 14.1. The largest absolute Gasteiger partial charge is 0.492 e. The molecule has 0 bridgehead atoms. The van der Waals surface area contributed by atoms with Crippen molar-refractivity contribution in [3.8, 4) is 5.75 Å². The van der Waals surface area contributed by atoms with Crippen molar-refractivity contribution < 1.29 is 17.9 Å². The molecule has 9 nitrogen and oxygen atoms in total. The van der Waals surface area contributed by atoms with Gasteiger partial charge in [0.2, 0.25) is 10.0 Å². The van der Waals surface area contributed by atoms with Crippen molar-refractivity contribution in [1.82, 2.24) is 19.5 Å². The minimum absolute atomic E-state index is 0. The molecule has 12 heteroatoms. The lowest BCUT2D eigenvalue weighted by Gasteiger charge is -2.34. The molecule has 4 aromatic rings. The molecule has 1 aromatic heterocycles. The number of amides is 1. The molecule has 1 amide bonds. The van der Waals surface area contributed by atoms with E-state index in [1.54, 1.807) is 23.5 Å². The average Bonchev–Trinajstić information content (AvgIpc) is 3.46. The van der Waals surface area contributed by atoms with Gasteiger partial charge in [0.1, 0.15) is 11.3 Å². The third-order valence-corrected chi connectivity index (χ3v) is 10.4. The van der Waals surface area contributed by atoms with Crippen LogP contribution in [0.1, 0.15) is 29.8 Å². The van der Waals surface area contributed by atoms with Gasteiger partial charge in [0, 0.05) is 57.9 Å². The summed E-state index contributed by atoms with van der Waals surface area (Å²) in [7, 11) is -3.68. The van der Waals surface area contributed by atoms with Gasteiger partial charge in [-0.3, -0.25) is 9.69 Å². The Bertz CT molecular complexity index is 1590. The van der Waals surface area contributed by atoms with Gasteiger partial charge < -0.3 is 15.0 Å². The van der Waals surface area contributed by atoms with E-state index in [-0.39, 0.29) is 23.2 Å². The molecule has 1 N–H and O–H groups in total. The first-order chi connectivity index (χ1) is 20.4. The highest BCUT2D eigenvalue weighted by molar-refractivity contribution is 7.89. The molecule has 1 saturated heterocycles. The number of sulfonamides is 1. The third-order valence-electron chi connectivity index (χ3n) is 7.34. The van der Waals surface area contributed by atoms with Crippen LogP contribution in [-0.4, -0.2) is 80.9 Å². The van der Waals surface area contributed by atoms with Gasteiger partial charge in [-0.05, 0) is 48.9 Å². The van der Waals surface area contributed by atoms with Crippen molar-refractivity contribution >= 4 is 55.0 Å². The maximum absolute atomic E-state index is 13.2. The summed E-state index contributed by atoms with van der Waals surface area (Å²) in [4.78, 5) is 22.4. The Balaban J connectivity index is 0.00000423. The summed E-state index contributed by atoms with van der Waals surface area (Å²) in [5, 5.41) is 3.98. The van der Waals surface area contributed by atoms with Crippen LogP contribution < -0.4 is 15.0 Å². The fourth-order valence-corrected chi connectivity index (χ4v) is 7.46. The molecule has 230 valence electrons. The Morgan fingerprint density at radius 2 is 1.70 bits per heavy atom. The van der Waals surface area contributed by atoms with Gasteiger partial charge in [-0.15, -0.1) is 12.4 Å². The molecule has 2 heterocycles. The van der Waals surface area contributed by atoms with Gasteiger partial charge in [-0.2, -0.15) is 4.31 Å². The van der Waals surface area contributed by atoms with E-state index in [1.165, 1.54) is 16.4 Å². The maximum atomic E-state index is 13.2. The number of carbonyl (C=O) groups excluding carboxylic acids is 1. The molecule has 1 aliphatic rings. The van der Waals surface area contributed by atoms with Crippen LogP contribution in [0, 0.1) is 0 Å². The van der Waals surface area contributed by atoms with Crippen molar-refractivity contribution in [2.75, 3.05) is 57.3 Å². The van der Waals surface area contributed by atoms with E-state index in [2.05, 4.69) is 21.2 Å². The number of para-hydroxylation sites is 1. The van der Waals surface area contributed by atoms with E-state index in [4.69, 9.17) is 9.72 Å². The Morgan fingerprint density at radius 1 is 0.977 bits per heavy atom. The smallest absolute Gasteiger partial charge is 0.251 e. The van der Waals surface area contributed by atoms with Crippen LogP contribution in [0.25, 0.3) is 10.2 Å². The number of anilines is 1. The van der Waals surface area contributed by atoms with Gasteiger partial charge in [0.15, 0.2) is 5.13 Å². The summed E-state index contributed by atoms with van der Waals surface area (Å²) in [6.07, 6.45) is 0. The molecule has 5 rings (SSSR count). The average molecular weight is 644 g/mol. The second kappa shape index (κ2) is 15.0. The lowest BCUT2D eigenvalue weighted by Crippen LogP contribution is -2.48. The highest BCUT2D eigenvalue weighted by Crippen LogP contribution is 2.34. The molecule has 0 atom stereocenters. The second-order valence-corrected chi connectivity index (χ2v) is 13.0. The third kappa shape index (κ3) is 7.84. The number of fused-ring (bicyclic) bond motifs is 1. The number of piperazine rings is 1. The van der Waals surface area contributed by atoms with Gasteiger partial charge in [0.25, 0.3) is 5.91 Å². The number of thiazole rings is 1. The van der Waals surface area contributed by atoms with Gasteiger partial charge >= 0.3 is 0 Å². The predicted molar refractivity (Wildman–Crippen MR) is 175 cm³/mol. The number of halogens is 1. The summed E-state index contributed by atoms with van der Waals surface area (Å²) in [6, 6.07) is 21.7. The number of hydrogen-bond acceptors (Lipinski definition) is 8. The number of ether oxygens (including phenoxy) is 1. The molecule has 0 spiro atoms. The summed E-state index contributed by atoms with van der Waals surface area (Å²) in [5.41, 5.74) is 2.28. The molecule has 1 fully saturated rings. The summed E-state index contributed by atoms with van der Waals surface area (Å²) < 4.78 is 34.7. The van der Waals surface area contributed by atoms with Crippen molar-refractivity contribution in [1.29, 1.82) is 0 Å². The topological polar surface area (TPSA) is 95.1 Å². The molecular weight excluding hydrogens is 606 g/mol. The summed E-state index contributed by atoms with van der Waals surface area (Å²) in [5.74, 6) is 0.614. The van der Waals surface area contributed by atoms with Crippen molar-refractivity contribution in [2.24, 2.45) is 0 Å². The molecule has 0 unspecified atom stereocenters. The number of nitrogens with zero attached hydrogens (tertiary/aromatic N) is 4. The van der Waals surface area contributed by atoms with E-state index in [9.17, 15) is 13.2 Å². The summed E-state index contributed by atoms with van der Waals surface area (Å²) >= 11 is 1.69. The van der Waals surface area contributed by atoms with E-state index in [0.717, 1.165) is 59.4 Å². The van der Waals surface area contributed by atoms with Crippen molar-refractivity contribution in [2.45, 2.75) is 25.3 Å². The standard InChI is InChI=1S/C31H37N5O4S2.ClH/c1-3-36(23-24-9-6-5-7-10-24)42(38,39)26-15-13-25(14-16-26)30(37)32-17-18-34-19-21-35(22-20-34)31-33-29-27(40-4-2)11-8-12-28(29)41-31;/h5-16H,3-4,17-23H2,1-2H3,(H,32,37);1H. The highest BCUT2D eigenvalue weighted by Gasteiger charge is 2.24. The predicted octanol–water partition coefficient (Wildman–Crippen LogP) is 4.88. The van der Waals surface area contributed by atoms with Crippen LogP contribution >= 0.6 is 23.7 Å². The fourth-order valence-electron chi connectivity index (χ4n) is 4.99. The number of hydrogen-bond donors (Lipinski definition) is 1. The minimum atomic E-state index is -3.68. The van der Waals surface area contributed by atoms with Crippen LogP contribution in [0.15, 0.2) is 77.7 Å². The molecule has 0 radical (unpaired) electrons. The van der Waals surface area contributed by atoms with Gasteiger partial charge in [0.05, 0.1) is 16.2 Å². The maximum Gasteiger partial charge on any atom is 0.251 e. The van der Waals surface area contributed by atoms with Crippen molar-refractivity contribution in [3.05, 3.63) is 83.9 Å². The number of aromatic nitrogens is 1. The first-order valence-corrected chi connectivity index (χ1v) is 16.6. The van der Waals surface area contributed by atoms with Gasteiger partial charge in [-0.1, -0.05) is 54.7 Å². The lowest BCUT2D eigenvalue weighted by molar-refractivity contribution is 0.0947. The van der Waals surface area contributed by atoms with Crippen LogP contribution in [0.3, 0.4) is 0 Å². The lowest BCUT2D eigenvalue weighted by atomic mass is 10.2. The molecular formula is C31H38ClN5O4S2. The Kier molecular flexibility index (Phi) is 11.4.